The minimum atomic E-state index is -4.49. The molecule has 0 aliphatic carbocycles. The van der Waals surface area contributed by atoms with Gasteiger partial charge in [-0.25, -0.2) is 9.78 Å². The van der Waals surface area contributed by atoms with Crippen molar-refractivity contribution >= 4 is 50.0 Å². The molecule has 3 N–H and O–H groups in total. The summed E-state index contributed by atoms with van der Waals surface area (Å²) >= 11 is 1.18. The summed E-state index contributed by atoms with van der Waals surface area (Å²) in [5.41, 5.74) is -0.686. The smallest absolute Gasteiger partial charge is 0.379 e. The highest BCUT2D eigenvalue weighted by Gasteiger charge is 2.40. The molecule has 0 atom stereocenters. The van der Waals surface area contributed by atoms with E-state index in [1.807, 2.05) is 0 Å². The van der Waals surface area contributed by atoms with Crippen molar-refractivity contribution in [2.45, 2.75) is 11.8 Å². The number of carbonyl (C=O) groups excluding carboxylic acids is 2. The van der Waals surface area contributed by atoms with Crippen LogP contribution in [0, 0.1) is 0 Å². The van der Waals surface area contributed by atoms with E-state index in [2.05, 4.69) is 20.5 Å². The number of urea groups is 1. The first-order valence-corrected chi connectivity index (χ1v) is 16.0. The van der Waals surface area contributed by atoms with Gasteiger partial charge in [0.2, 0.25) is 0 Å². The number of fused-ring (bicyclic) bond motifs is 1. The molecule has 5 aromatic rings. The minimum absolute atomic E-state index is 0.220. The van der Waals surface area contributed by atoms with E-state index >= 15 is 0 Å². The number of ether oxygens (including phenoxy) is 1. The quantitative estimate of drug-likeness (QED) is 0.164. The molecule has 0 radical (unpaired) electrons. The first-order valence-electron chi connectivity index (χ1n) is 15.2. The molecule has 1 saturated heterocycles. The van der Waals surface area contributed by atoms with Crippen LogP contribution in [0.2, 0.25) is 0 Å². The van der Waals surface area contributed by atoms with Gasteiger partial charge in [-0.2, -0.15) is 13.2 Å². The van der Waals surface area contributed by atoms with Crippen molar-refractivity contribution in [3.05, 3.63) is 120 Å². The second-order valence-corrected chi connectivity index (χ2v) is 12.2. The Balaban J connectivity index is 1.25. The van der Waals surface area contributed by atoms with Crippen molar-refractivity contribution in [1.29, 1.82) is 0 Å². The first-order chi connectivity index (χ1) is 23.1. The number of hydrogen-bond acceptors (Lipinski definition) is 7. The number of nitrogens with one attached hydrogen (secondary N) is 2. The fourth-order valence-electron chi connectivity index (χ4n) is 5.46. The van der Waals surface area contributed by atoms with Gasteiger partial charge < -0.3 is 15.2 Å². The topological polar surface area (TPSA) is 107 Å². The van der Waals surface area contributed by atoms with Crippen LogP contribution in [0.3, 0.4) is 0 Å². The van der Waals surface area contributed by atoms with Gasteiger partial charge in [0.1, 0.15) is 0 Å². The number of carbonyl (C=O) groups is 2. The second-order valence-electron chi connectivity index (χ2n) is 11.2. The lowest BCUT2D eigenvalue weighted by atomic mass is 9.85. The Labute approximate surface area is 278 Å². The van der Waals surface area contributed by atoms with Crippen LogP contribution in [0.1, 0.15) is 16.7 Å². The summed E-state index contributed by atoms with van der Waals surface area (Å²) < 4.78 is 45.3. The number of aliphatic hydroxyl groups is 1. The summed E-state index contributed by atoms with van der Waals surface area (Å²) in [5, 5.41) is 17.6. The molecule has 0 bridgehead atoms. The minimum Gasteiger partial charge on any atom is -0.379 e. The van der Waals surface area contributed by atoms with Crippen molar-refractivity contribution in [1.82, 2.24) is 9.88 Å². The Kier molecular flexibility index (Phi) is 9.73. The van der Waals surface area contributed by atoms with E-state index in [1.165, 1.54) is 28.4 Å². The maximum atomic E-state index is 13.7. The number of aromatic nitrogens is 1. The maximum absolute atomic E-state index is 13.7. The van der Waals surface area contributed by atoms with Gasteiger partial charge in [0.15, 0.2) is 10.7 Å². The van der Waals surface area contributed by atoms with E-state index < -0.39 is 29.3 Å². The number of amides is 3. The van der Waals surface area contributed by atoms with Crippen LogP contribution in [0.25, 0.3) is 10.2 Å². The summed E-state index contributed by atoms with van der Waals surface area (Å²) in [7, 11) is 0. The third kappa shape index (κ3) is 7.34. The molecule has 2 heterocycles. The van der Waals surface area contributed by atoms with Gasteiger partial charge in [-0.05, 0) is 53.6 Å². The molecule has 0 saturated carbocycles. The number of anilines is 3. The molecule has 248 valence electrons. The molecule has 6 rings (SSSR count). The van der Waals surface area contributed by atoms with Gasteiger partial charge >= 0.3 is 12.2 Å². The Morgan fingerprint density at radius 2 is 1.48 bits per heavy atom. The van der Waals surface area contributed by atoms with Crippen molar-refractivity contribution in [3.63, 3.8) is 0 Å². The maximum Gasteiger partial charge on any atom is 0.416 e. The molecule has 9 nitrogen and oxygen atoms in total. The number of thiazole rings is 1. The Bertz CT molecular complexity index is 1830. The average Bonchev–Trinajstić information content (AvgIpc) is 3.50. The molecule has 1 fully saturated rings. The van der Waals surface area contributed by atoms with E-state index in [9.17, 15) is 27.9 Å². The number of nitrogens with zero attached hydrogens (tertiary/aromatic N) is 3. The van der Waals surface area contributed by atoms with Crippen molar-refractivity contribution < 1.29 is 32.6 Å². The molecular weight excluding hydrogens is 643 g/mol. The number of hydrogen-bond donors (Lipinski definition) is 3. The van der Waals surface area contributed by atoms with E-state index in [0.29, 0.717) is 66.4 Å². The van der Waals surface area contributed by atoms with Crippen LogP contribution >= 0.6 is 11.3 Å². The predicted octanol–water partition coefficient (Wildman–Crippen LogP) is 6.56. The number of benzene rings is 4. The number of rotatable bonds is 9. The Morgan fingerprint density at radius 3 is 2.08 bits per heavy atom. The highest BCUT2D eigenvalue weighted by Crippen LogP contribution is 2.35. The van der Waals surface area contributed by atoms with Crippen LogP contribution in [0.15, 0.2) is 103 Å². The molecule has 4 aromatic carbocycles. The Hall–Kier alpha value is -4.82. The molecule has 13 heteroatoms. The van der Waals surface area contributed by atoms with Crippen molar-refractivity contribution in [3.8, 4) is 0 Å². The predicted molar refractivity (Wildman–Crippen MR) is 179 cm³/mol. The fraction of sp³-hybridized carbons (Fsp3) is 0.229. The summed E-state index contributed by atoms with van der Waals surface area (Å²) in [6, 6.07) is 26.3. The molecule has 1 aliphatic rings. The second kappa shape index (κ2) is 14.1. The molecule has 0 unspecified atom stereocenters. The van der Waals surface area contributed by atoms with Crippen LogP contribution in [-0.2, 0) is 21.3 Å². The monoisotopic (exact) mass is 675 g/mol. The number of alkyl halides is 3. The lowest BCUT2D eigenvalue weighted by molar-refractivity contribution is -0.137. The lowest BCUT2D eigenvalue weighted by Gasteiger charge is -2.30. The molecule has 0 spiro atoms. The van der Waals surface area contributed by atoms with Crippen LogP contribution in [-0.4, -0.2) is 66.3 Å². The summed E-state index contributed by atoms with van der Waals surface area (Å²) in [6.07, 6.45) is -4.49. The zero-order chi connectivity index (χ0) is 33.7. The summed E-state index contributed by atoms with van der Waals surface area (Å²) in [5.74, 6) is -0.678. The van der Waals surface area contributed by atoms with E-state index in [1.54, 1.807) is 78.9 Å². The third-order valence-corrected chi connectivity index (χ3v) is 9.00. The summed E-state index contributed by atoms with van der Waals surface area (Å²) in [6.45, 7) is 3.43. The van der Waals surface area contributed by atoms with Gasteiger partial charge in [0.05, 0.1) is 29.0 Å². The number of halogens is 3. The van der Waals surface area contributed by atoms with Crippen LogP contribution < -0.4 is 15.5 Å². The third-order valence-electron chi connectivity index (χ3n) is 8.07. The highest BCUT2D eigenvalue weighted by molar-refractivity contribution is 7.22. The largest absolute Gasteiger partial charge is 0.416 e. The van der Waals surface area contributed by atoms with Crippen LogP contribution in [0.5, 0.6) is 0 Å². The van der Waals surface area contributed by atoms with Crippen molar-refractivity contribution in [2.75, 3.05) is 54.9 Å². The standard InChI is InChI=1S/C35H32F3N5O4S/c36-35(37,38)26-11-13-27(14-12-26)39-33(45)43(18-17-42-19-21-47-22-20-42)28-15-16-29-30(23-28)48-32(40-29)41-31(44)34(46,24-7-3-1-4-8-24)25-9-5-2-6-10-25/h1-16,23,46H,17-22H2,(H,39,45)(H,40,41,44). The molecular formula is C35H32F3N5O4S. The number of morpholine rings is 1. The lowest BCUT2D eigenvalue weighted by Crippen LogP contribution is -2.44. The Morgan fingerprint density at radius 1 is 0.854 bits per heavy atom. The van der Waals surface area contributed by atoms with Gasteiger partial charge in [-0.1, -0.05) is 72.0 Å². The zero-order valence-electron chi connectivity index (χ0n) is 25.6. The molecule has 48 heavy (non-hydrogen) atoms. The first kappa shape index (κ1) is 33.1. The summed E-state index contributed by atoms with van der Waals surface area (Å²) in [4.78, 5) is 35.6. The van der Waals surface area contributed by atoms with E-state index in [4.69, 9.17) is 4.74 Å². The molecule has 1 aromatic heterocycles. The van der Waals surface area contributed by atoms with E-state index in [-0.39, 0.29) is 10.8 Å². The SMILES string of the molecule is O=C(Nc1ccc(C(F)(F)F)cc1)N(CCN1CCOCC1)c1ccc2nc(NC(=O)C(O)(c3ccccc3)c3ccccc3)sc2c1. The van der Waals surface area contributed by atoms with Crippen molar-refractivity contribution in [2.24, 2.45) is 0 Å². The van der Waals surface area contributed by atoms with Gasteiger partial charge in [0.25, 0.3) is 5.91 Å². The zero-order valence-corrected chi connectivity index (χ0v) is 26.4. The van der Waals surface area contributed by atoms with Crippen LogP contribution in [0.4, 0.5) is 34.5 Å². The molecule has 1 aliphatic heterocycles. The molecule has 3 amide bonds. The normalized spacial score (nSPS) is 14.1. The van der Waals surface area contributed by atoms with Gasteiger partial charge in [-0.3, -0.25) is 19.9 Å². The van der Waals surface area contributed by atoms with E-state index in [0.717, 1.165) is 12.1 Å². The fourth-order valence-corrected chi connectivity index (χ4v) is 6.35. The highest BCUT2D eigenvalue weighted by atomic mass is 32.1. The average molecular weight is 676 g/mol. The van der Waals surface area contributed by atoms with Gasteiger partial charge in [0, 0.05) is 37.6 Å². The van der Waals surface area contributed by atoms with Gasteiger partial charge in [-0.15, -0.1) is 0 Å².